The molecule has 0 saturated heterocycles. The number of hydrogen-bond acceptors (Lipinski definition) is 1. The molecular weight excluding hydrogens is 593 g/mol. The standard InChI is InChI=1S/C48H40O/c1-3-5-15-33-35-17-7-11-21-40(35)47(41-22-12-8-18-36(33)41)31-26-28-45-44(29-31)39-27-25-32(30-46(39)49-45)48-42-23-13-9-19-37(42)34(16-6-4-2)38-20-10-14-24-43(38)48/h7-14,17-30H,3-6,15-16H2,1-2H3. The molecule has 238 valence electrons. The number of furan rings is 1. The summed E-state index contributed by atoms with van der Waals surface area (Å²) in [6.07, 6.45) is 6.94. The van der Waals surface area contributed by atoms with E-state index in [9.17, 15) is 0 Å². The lowest BCUT2D eigenvalue weighted by atomic mass is 9.86. The van der Waals surface area contributed by atoms with Crippen LogP contribution < -0.4 is 0 Å². The minimum Gasteiger partial charge on any atom is -0.456 e. The number of aryl methyl sites for hydroxylation is 2. The minimum atomic E-state index is 0.925. The molecule has 1 aromatic heterocycles. The molecule has 0 saturated carbocycles. The molecule has 0 atom stereocenters. The topological polar surface area (TPSA) is 13.1 Å². The summed E-state index contributed by atoms with van der Waals surface area (Å²) in [6, 6.07) is 49.5. The molecule has 0 fully saturated rings. The van der Waals surface area contributed by atoms with E-state index in [0.717, 1.165) is 34.8 Å². The Hall–Kier alpha value is -5.40. The highest BCUT2D eigenvalue weighted by Gasteiger charge is 2.19. The molecule has 9 aromatic rings. The zero-order chi connectivity index (χ0) is 32.9. The Morgan fingerprint density at radius 1 is 0.367 bits per heavy atom. The maximum Gasteiger partial charge on any atom is 0.136 e. The van der Waals surface area contributed by atoms with Crippen LogP contribution >= 0.6 is 0 Å². The maximum atomic E-state index is 6.64. The summed E-state index contributed by atoms with van der Waals surface area (Å²) < 4.78 is 6.64. The number of benzene rings is 8. The smallest absolute Gasteiger partial charge is 0.136 e. The molecular formula is C48H40O. The van der Waals surface area contributed by atoms with Crippen molar-refractivity contribution >= 4 is 65.0 Å². The summed E-state index contributed by atoms with van der Waals surface area (Å²) in [5.74, 6) is 0. The number of hydrogen-bond donors (Lipinski definition) is 0. The second-order valence-corrected chi connectivity index (χ2v) is 13.6. The van der Waals surface area contributed by atoms with E-state index in [1.165, 1.54) is 102 Å². The van der Waals surface area contributed by atoms with Gasteiger partial charge in [-0.15, -0.1) is 0 Å². The van der Waals surface area contributed by atoms with E-state index in [1.54, 1.807) is 0 Å². The normalized spacial score (nSPS) is 12.0. The van der Waals surface area contributed by atoms with Gasteiger partial charge in [0.05, 0.1) is 0 Å². The summed E-state index contributed by atoms with van der Waals surface area (Å²) in [5.41, 5.74) is 9.81. The molecule has 0 aliphatic heterocycles. The van der Waals surface area contributed by atoms with Crippen molar-refractivity contribution in [3.05, 3.63) is 145 Å². The van der Waals surface area contributed by atoms with Crippen molar-refractivity contribution < 1.29 is 4.42 Å². The van der Waals surface area contributed by atoms with Crippen molar-refractivity contribution in [2.24, 2.45) is 0 Å². The van der Waals surface area contributed by atoms with Crippen molar-refractivity contribution in [3.63, 3.8) is 0 Å². The van der Waals surface area contributed by atoms with Gasteiger partial charge in [-0.1, -0.05) is 136 Å². The van der Waals surface area contributed by atoms with Crippen molar-refractivity contribution in [2.75, 3.05) is 0 Å². The highest BCUT2D eigenvalue weighted by atomic mass is 16.3. The molecule has 0 bridgehead atoms. The molecule has 49 heavy (non-hydrogen) atoms. The lowest BCUT2D eigenvalue weighted by Gasteiger charge is -2.17. The van der Waals surface area contributed by atoms with Crippen molar-refractivity contribution in [1.29, 1.82) is 0 Å². The summed E-state index contributed by atoms with van der Waals surface area (Å²) >= 11 is 0. The third-order valence-corrected chi connectivity index (χ3v) is 10.7. The van der Waals surface area contributed by atoms with Crippen molar-refractivity contribution in [2.45, 2.75) is 52.4 Å². The van der Waals surface area contributed by atoms with Gasteiger partial charge in [0, 0.05) is 10.8 Å². The molecule has 8 aromatic carbocycles. The van der Waals surface area contributed by atoms with E-state index < -0.39 is 0 Å². The van der Waals surface area contributed by atoms with Crippen molar-refractivity contribution in [3.8, 4) is 22.3 Å². The van der Waals surface area contributed by atoms with Crippen LogP contribution in [0.1, 0.15) is 50.7 Å². The van der Waals surface area contributed by atoms with E-state index in [4.69, 9.17) is 4.42 Å². The van der Waals surface area contributed by atoms with Crippen LogP contribution in [-0.4, -0.2) is 0 Å². The van der Waals surface area contributed by atoms with E-state index in [2.05, 4.69) is 147 Å². The van der Waals surface area contributed by atoms with Gasteiger partial charge in [0.25, 0.3) is 0 Å². The fourth-order valence-corrected chi connectivity index (χ4v) is 8.39. The van der Waals surface area contributed by atoms with Crippen LogP contribution in [0.3, 0.4) is 0 Å². The largest absolute Gasteiger partial charge is 0.456 e. The van der Waals surface area contributed by atoms with Crippen molar-refractivity contribution in [1.82, 2.24) is 0 Å². The molecule has 0 N–H and O–H groups in total. The summed E-state index contributed by atoms with van der Waals surface area (Å²) in [4.78, 5) is 0. The second kappa shape index (κ2) is 12.2. The first kappa shape index (κ1) is 29.7. The number of rotatable bonds is 8. The zero-order valence-corrected chi connectivity index (χ0v) is 28.4. The maximum absolute atomic E-state index is 6.64. The number of unbranched alkanes of at least 4 members (excludes halogenated alkanes) is 2. The predicted octanol–water partition coefficient (Wildman–Crippen LogP) is 14.2. The van der Waals surface area contributed by atoms with Gasteiger partial charge >= 0.3 is 0 Å². The lowest BCUT2D eigenvalue weighted by molar-refractivity contribution is 0.669. The van der Waals surface area contributed by atoms with Gasteiger partial charge in [-0.2, -0.15) is 0 Å². The van der Waals surface area contributed by atoms with Crippen LogP contribution in [0.15, 0.2) is 138 Å². The van der Waals surface area contributed by atoms with Crippen LogP contribution in [-0.2, 0) is 12.8 Å². The average molecular weight is 633 g/mol. The van der Waals surface area contributed by atoms with Crippen LogP contribution in [0.4, 0.5) is 0 Å². The van der Waals surface area contributed by atoms with Gasteiger partial charge in [0.1, 0.15) is 11.2 Å². The molecule has 1 nitrogen and oxygen atoms in total. The zero-order valence-electron chi connectivity index (χ0n) is 28.4. The van der Waals surface area contributed by atoms with Gasteiger partial charge in [0.2, 0.25) is 0 Å². The summed E-state index contributed by atoms with van der Waals surface area (Å²) in [6.45, 7) is 4.56. The summed E-state index contributed by atoms with van der Waals surface area (Å²) in [7, 11) is 0. The Kier molecular flexibility index (Phi) is 7.42. The van der Waals surface area contributed by atoms with Gasteiger partial charge in [0.15, 0.2) is 0 Å². The Morgan fingerprint density at radius 3 is 1.22 bits per heavy atom. The number of fused-ring (bicyclic) bond motifs is 7. The molecule has 0 aliphatic rings. The van der Waals surface area contributed by atoms with Gasteiger partial charge in [-0.25, -0.2) is 0 Å². The van der Waals surface area contributed by atoms with Crippen LogP contribution in [0, 0.1) is 0 Å². The van der Waals surface area contributed by atoms with Gasteiger partial charge in [-0.3, -0.25) is 0 Å². The minimum absolute atomic E-state index is 0.925. The Labute approximate surface area is 287 Å². The van der Waals surface area contributed by atoms with Crippen LogP contribution in [0.25, 0.3) is 87.3 Å². The molecule has 0 amide bonds. The molecule has 0 radical (unpaired) electrons. The molecule has 0 unspecified atom stereocenters. The third-order valence-electron chi connectivity index (χ3n) is 10.7. The highest BCUT2D eigenvalue weighted by Crippen LogP contribution is 2.44. The SMILES string of the molecule is CCCCc1c2ccccc2c(-c2ccc3c(c2)oc2ccc(-c4c5ccccc5c(CCCC)c5ccccc45)cc23)c2ccccc12. The molecule has 1 heteroatoms. The first-order chi connectivity index (χ1) is 24.2. The van der Waals surface area contributed by atoms with Gasteiger partial charge in [-0.05, 0) is 126 Å². The lowest BCUT2D eigenvalue weighted by Crippen LogP contribution is -1.94. The third kappa shape index (κ3) is 4.83. The fourth-order valence-electron chi connectivity index (χ4n) is 8.39. The molecule has 0 spiro atoms. The Balaban J connectivity index is 1.24. The molecule has 1 heterocycles. The van der Waals surface area contributed by atoms with E-state index in [-0.39, 0.29) is 0 Å². The summed E-state index contributed by atoms with van der Waals surface area (Å²) in [5, 5.41) is 13.0. The molecule has 0 aliphatic carbocycles. The van der Waals surface area contributed by atoms with E-state index in [1.807, 2.05) is 0 Å². The van der Waals surface area contributed by atoms with E-state index in [0.29, 0.717) is 0 Å². The average Bonchev–Trinajstić information content (AvgIpc) is 3.52. The second-order valence-electron chi connectivity index (χ2n) is 13.6. The van der Waals surface area contributed by atoms with Gasteiger partial charge < -0.3 is 4.42 Å². The predicted molar refractivity (Wildman–Crippen MR) is 212 cm³/mol. The first-order valence-corrected chi connectivity index (χ1v) is 18.1. The fraction of sp³-hybridized carbons (Fsp3) is 0.167. The van der Waals surface area contributed by atoms with Crippen LogP contribution in [0.5, 0.6) is 0 Å². The Morgan fingerprint density at radius 2 is 0.776 bits per heavy atom. The quantitative estimate of drug-likeness (QED) is 0.152. The van der Waals surface area contributed by atoms with E-state index >= 15 is 0 Å². The Bertz CT molecular complexity index is 2570. The highest BCUT2D eigenvalue weighted by molar-refractivity contribution is 6.18. The molecule has 9 rings (SSSR count). The monoisotopic (exact) mass is 632 g/mol. The van der Waals surface area contributed by atoms with Crippen LogP contribution in [0.2, 0.25) is 0 Å². The first-order valence-electron chi connectivity index (χ1n) is 18.1.